The summed E-state index contributed by atoms with van der Waals surface area (Å²) in [6.07, 6.45) is 0. The third kappa shape index (κ3) is 4.49. The fourth-order valence-electron chi connectivity index (χ4n) is 7.17. The van der Waals surface area contributed by atoms with Crippen molar-refractivity contribution in [2.75, 3.05) is 0 Å². The van der Waals surface area contributed by atoms with E-state index in [1.54, 1.807) is 0 Å². The molecule has 4 nitrogen and oxygen atoms in total. The van der Waals surface area contributed by atoms with Crippen molar-refractivity contribution in [2.24, 2.45) is 0 Å². The molecular weight excluding hydrogens is 599 g/mol. The van der Waals surface area contributed by atoms with Crippen LogP contribution >= 0.6 is 0 Å². The van der Waals surface area contributed by atoms with Crippen LogP contribution in [0.2, 0.25) is 0 Å². The van der Waals surface area contributed by atoms with E-state index in [1.165, 1.54) is 10.8 Å². The summed E-state index contributed by atoms with van der Waals surface area (Å²) in [4.78, 5) is 15.4. The molecule has 2 heterocycles. The molecule has 0 bridgehead atoms. The molecule has 0 amide bonds. The van der Waals surface area contributed by atoms with Crippen molar-refractivity contribution >= 4 is 32.3 Å². The van der Waals surface area contributed by atoms with E-state index in [0.717, 1.165) is 72.0 Å². The second-order valence-corrected chi connectivity index (χ2v) is 12.4. The topological polar surface area (TPSA) is 47.9 Å². The Balaban J connectivity index is 1.23. The van der Waals surface area contributed by atoms with Crippen molar-refractivity contribution in [1.82, 2.24) is 15.0 Å². The Labute approximate surface area is 283 Å². The molecule has 1 aromatic heterocycles. The lowest BCUT2D eigenvalue weighted by molar-refractivity contribution is 0.494. The SMILES string of the molecule is c1ccc(-c2nc(-c3ccc(-c4ccccc4)c(-c4ccccc4)c3)nc(-c3ccc4ccc5ccc6cccc7c6c5c4c3O7)n2)cc1. The molecule has 0 unspecified atom stereocenters. The molecule has 10 rings (SSSR count). The third-order valence-corrected chi connectivity index (χ3v) is 9.49. The van der Waals surface area contributed by atoms with Crippen molar-refractivity contribution in [3.63, 3.8) is 0 Å². The largest absolute Gasteiger partial charge is 0.455 e. The number of nitrogens with zero attached hydrogens (tertiary/aromatic N) is 3. The Bertz CT molecular complexity index is 2720. The van der Waals surface area contributed by atoms with Crippen LogP contribution in [0.5, 0.6) is 11.5 Å². The smallest absolute Gasteiger partial charge is 0.167 e. The molecule has 1 aliphatic heterocycles. The molecule has 8 aromatic carbocycles. The molecule has 0 fully saturated rings. The van der Waals surface area contributed by atoms with Gasteiger partial charge in [-0.2, -0.15) is 0 Å². The van der Waals surface area contributed by atoms with Gasteiger partial charge in [-0.1, -0.05) is 146 Å². The fourth-order valence-corrected chi connectivity index (χ4v) is 7.17. The van der Waals surface area contributed by atoms with Crippen LogP contribution in [0.3, 0.4) is 0 Å². The van der Waals surface area contributed by atoms with Crippen molar-refractivity contribution in [3.05, 3.63) is 164 Å². The standard InChI is InChI=1S/C45H27N3O/c1-4-11-28(12-5-1)35-25-24-34(27-37(35)29-13-6-2-7-14-29)44-46-43(33-15-8-3-9-16-33)47-45(48-44)36-26-23-32-22-21-31-20-19-30-17-10-18-38-39(30)40(31)41(32)42(36)49-38/h1-27H. The first kappa shape index (κ1) is 27.5. The van der Waals surface area contributed by atoms with Gasteiger partial charge in [0.05, 0.1) is 5.56 Å². The van der Waals surface area contributed by atoms with Gasteiger partial charge in [0, 0.05) is 27.3 Å². The monoisotopic (exact) mass is 625 g/mol. The van der Waals surface area contributed by atoms with Gasteiger partial charge in [-0.05, 0) is 56.6 Å². The molecule has 0 saturated heterocycles. The maximum Gasteiger partial charge on any atom is 0.167 e. The van der Waals surface area contributed by atoms with Gasteiger partial charge in [-0.25, -0.2) is 15.0 Å². The lowest BCUT2D eigenvalue weighted by Crippen LogP contribution is -2.03. The summed E-state index contributed by atoms with van der Waals surface area (Å²) in [6.45, 7) is 0. The fraction of sp³-hybridized carbons (Fsp3) is 0. The minimum atomic E-state index is 0.567. The van der Waals surface area contributed by atoms with E-state index in [2.05, 4.69) is 115 Å². The molecule has 0 atom stereocenters. The summed E-state index contributed by atoms with van der Waals surface area (Å²) in [5.74, 6) is 3.40. The Morgan fingerprint density at radius 2 is 0.857 bits per heavy atom. The summed E-state index contributed by atoms with van der Waals surface area (Å²) in [5.41, 5.74) is 7.21. The molecule has 0 N–H and O–H groups in total. The van der Waals surface area contributed by atoms with Crippen molar-refractivity contribution in [1.29, 1.82) is 0 Å². The highest BCUT2D eigenvalue weighted by molar-refractivity contribution is 6.26. The minimum absolute atomic E-state index is 0.567. The Morgan fingerprint density at radius 3 is 1.55 bits per heavy atom. The zero-order chi connectivity index (χ0) is 32.3. The van der Waals surface area contributed by atoms with Crippen molar-refractivity contribution in [3.8, 4) is 67.9 Å². The number of rotatable bonds is 5. The van der Waals surface area contributed by atoms with Gasteiger partial charge in [0.25, 0.3) is 0 Å². The van der Waals surface area contributed by atoms with Crippen molar-refractivity contribution in [2.45, 2.75) is 0 Å². The third-order valence-electron chi connectivity index (χ3n) is 9.49. The van der Waals surface area contributed by atoms with Crippen LogP contribution in [0.25, 0.3) is 88.7 Å². The molecule has 0 spiro atoms. The van der Waals surface area contributed by atoms with E-state index in [4.69, 9.17) is 19.7 Å². The predicted molar refractivity (Wildman–Crippen MR) is 200 cm³/mol. The van der Waals surface area contributed by atoms with E-state index >= 15 is 0 Å². The van der Waals surface area contributed by atoms with Gasteiger partial charge >= 0.3 is 0 Å². The summed E-state index contributed by atoms with van der Waals surface area (Å²) in [5, 5.41) is 6.90. The van der Waals surface area contributed by atoms with Crippen LogP contribution in [0.1, 0.15) is 0 Å². The van der Waals surface area contributed by atoms with E-state index < -0.39 is 0 Å². The second kappa shape index (κ2) is 11.0. The van der Waals surface area contributed by atoms with E-state index in [1.807, 2.05) is 48.5 Å². The number of benzene rings is 8. The van der Waals surface area contributed by atoms with Gasteiger partial charge in [-0.15, -0.1) is 0 Å². The lowest BCUT2D eigenvalue weighted by Gasteiger charge is -2.22. The maximum absolute atomic E-state index is 6.80. The zero-order valence-electron chi connectivity index (χ0n) is 26.3. The van der Waals surface area contributed by atoms with Crippen molar-refractivity contribution < 1.29 is 4.74 Å². The summed E-state index contributed by atoms with van der Waals surface area (Å²) in [6, 6.07) is 56.8. The highest BCUT2D eigenvalue weighted by atomic mass is 16.5. The average Bonchev–Trinajstić information content (AvgIpc) is 3.18. The molecule has 0 saturated carbocycles. The number of aromatic nitrogens is 3. The van der Waals surface area contributed by atoms with Crippen LogP contribution in [0.15, 0.2) is 164 Å². The molecule has 0 aliphatic carbocycles. The second-order valence-electron chi connectivity index (χ2n) is 12.4. The van der Waals surface area contributed by atoms with Gasteiger partial charge in [0.2, 0.25) is 0 Å². The molecule has 4 heteroatoms. The van der Waals surface area contributed by atoms with Crippen LogP contribution < -0.4 is 4.74 Å². The molecular formula is C45H27N3O. The Kier molecular flexibility index (Phi) is 6.15. The van der Waals surface area contributed by atoms with Crippen LogP contribution in [-0.2, 0) is 0 Å². The van der Waals surface area contributed by atoms with Gasteiger partial charge in [-0.3, -0.25) is 0 Å². The number of hydrogen-bond donors (Lipinski definition) is 0. The maximum atomic E-state index is 6.80. The molecule has 1 aliphatic rings. The minimum Gasteiger partial charge on any atom is -0.455 e. The summed E-state index contributed by atoms with van der Waals surface area (Å²) >= 11 is 0. The number of ether oxygens (including phenoxy) is 1. The highest BCUT2D eigenvalue weighted by Gasteiger charge is 2.24. The molecule has 49 heavy (non-hydrogen) atoms. The first-order valence-electron chi connectivity index (χ1n) is 16.4. The average molecular weight is 626 g/mol. The summed E-state index contributed by atoms with van der Waals surface area (Å²) < 4.78 is 6.80. The quantitative estimate of drug-likeness (QED) is 0.179. The Morgan fingerprint density at radius 1 is 0.327 bits per heavy atom. The predicted octanol–water partition coefficient (Wildman–Crippen LogP) is 11.8. The van der Waals surface area contributed by atoms with E-state index in [9.17, 15) is 0 Å². The van der Waals surface area contributed by atoms with Crippen LogP contribution in [-0.4, -0.2) is 15.0 Å². The first-order chi connectivity index (χ1) is 24.3. The normalized spacial score (nSPS) is 11.8. The van der Waals surface area contributed by atoms with E-state index in [0.29, 0.717) is 17.5 Å². The first-order valence-corrected chi connectivity index (χ1v) is 16.4. The zero-order valence-corrected chi connectivity index (χ0v) is 26.3. The lowest BCUT2D eigenvalue weighted by atomic mass is 9.92. The highest BCUT2D eigenvalue weighted by Crippen LogP contribution is 2.50. The van der Waals surface area contributed by atoms with Gasteiger partial charge in [0.15, 0.2) is 17.5 Å². The van der Waals surface area contributed by atoms with Gasteiger partial charge in [0.1, 0.15) is 11.5 Å². The molecule has 9 aromatic rings. The van der Waals surface area contributed by atoms with E-state index in [-0.39, 0.29) is 0 Å². The van der Waals surface area contributed by atoms with Gasteiger partial charge < -0.3 is 4.74 Å². The molecule has 0 radical (unpaired) electrons. The Hall–Kier alpha value is -6.65. The van der Waals surface area contributed by atoms with Crippen LogP contribution in [0, 0.1) is 0 Å². The summed E-state index contributed by atoms with van der Waals surface area (Å²) in [7, 11) is 0. The molecule has 228 valence electrons. The number of hydrogen-bond acceptors (Lipinski definition) is 4. The van der Waals surface area contributed by atoms with Crippen LogP contribution in [0.4, 0.5) is 0 Å².